The number of nitrogens with two attached hydrogens (primary N) is 1. The van der Waals surface area contributed by atoms with Crippen LogP contribution in [0.25, 0.3) is 0 Å². The zero-order valence-corrected chi connectivity index (χ0v) is 14.8. The highest BCUT2D eigenvalue weighted by molar-refractivity contribution is 9.10. The minimum atomic E-state index is 0.413. The van der Waals surface area contributed by atoms with Gasteiger partial charge in [-0.1, -0.05) is 31.3 Å². The molecule has 0 bridgehead atoms. The van der Waals surface area contributed by atoms with Crippen molar-refractivity contribution in [2.24, 2.45) is 12.8 Å². The lowest BCUT2D eigenvalue weighted by atomic mass is 10.1. The number of thiocarbonyl (C=S) groups is 1. The molecule has 0 saturated heterocycles. The second kappa shape index (κ2) is 6.58. The molecule has 6 heteroatoms. The second-order valence-corrected chi connectivity index (χ2v) is 6.15. The van der Waals surface area contributed by atoms with E-state index >= 15 is 0 Å². The Bertz CT molecular complexity index is 666. The maximum atomic E-state index is 5.81. The summed E-state index contributed by atoms with van der Waals surface area (Å²) in [5, 5.41) is 4.53. The van der Waals surface area contributed by atoms with E-state index in [2.05, 4.69) is 32.9 Å². The van der Waals surface area contributed by atoms with Crippen LogP contribution in [0.4, 0.5) is 5.69 Å². The van der Waals surface area contributed by atoms with Crippen LogP contribution in [0.15, 0.2) is 28.7 Å². The van der Waals surface area contributed by atoms with Crippen LogP contribution in [0, 0.1) is 0 Å². The van der Waals surface area contributed by atoms with E-state index in [1.807, 2.05) is 43.0 Å². The molecule has 112 valence electrons. The number of para-hydroxylation sites is 1. The summed E-state index contributed by atoms with van der Waals surface area (Å²) < 4.78 is 3.00. The Morgan fingerprint density at radius 1 is 1.43 bits per heavy atom. The molecule has 0 aliphatic rings. The van der Waals surface area contributed by atoms with Crippen molar-refractivity contribution in [3.63, 3.8) is 0 Å². The summed E-state index contributed by atoms with van der Waals surface area (Å²) in [5.41, 5.74) is 9.93. The maximum absolute atomic E-state index is 5.81. The van der Waals surface area contributed by atoms with Crippen molar-refractivity contribution in [2.75, 3.05) is 11.9 Å². The van der Waals surface area contributed by atoms with Crippen molar-refractivity contribution < 1.29 is 0 Å². The van der Waals surface area contributed by atoms with Gasteiger partial charge in [0.15, 0.2) is 0 Å². The van der Waals surface area contributed by atoms with E-state index in [4.69, 9.17) is 18.0 Å². The third-order valence-corrected chi connectivity index (χ3v) is 4.61. The standard InChI is InChI=1S/C15H19BrN4S/c1-4-11-14(16)13(20(3)18-11)9-19(2)12-8-6-5-7-10(12)15(17)21/h5-8H,4,9H2,1-3H3,(H2,17,21). The molecular formula is C15H19BrN4S. The SMILES string of the molecule is CCc1nn(C)c(CN(C)c2ccccc2C(N)=S)c1Br. The van der Waals surface area contributed by atoms with E-state index in [1.165, 1.54) is 0 Å². The molecular weight excluding hydrogens is 348 g/mol. The fraction of sp³-hybridized carbons (Fsp3) is 0.333. The Kier molecular flexibility index (Phi) is 5.00. The molecule has 0 amide bonds. The van der Waals surface area contributed by atoms with E-state index in [0.29, 0.717) is 4.99 Å². The Balaban J connectivity index is 2.33. The lowest BCUT2D eigenvalue weighted by Gasteiger charge is -2.22. The van der Waals surface area contributed by atoms with Gasteiger partial charge in [0.05, 0.1) is 22.4 Å². The molecule has 21 heavy (non-hydrogen) atoms. The van der Waals surface area contributed by atoms with E-state index in [-0.39, 0.29) is 0 Å². The smallest absolute Gasteiger partial charge is 0.106 e. The van der Waals surface area contributed by atoms with Crippen LogP contribution in [-0.2, 0) is 20.0 Å². The molecule has 0 fully saturated rings. The molecule has 0 radical (unpaired) electrons. The number of halogens is 1. The van der Waals surface area contributed by atoms with Crippen LogP contribution >= 0.6 is 28.1 Å². The van der Waals surface area contributed by atoms with Gasteiger partial charge in [-0.05, 0) is 34.5 Å². The number of nitrogens with zero attached hydrogens (tertiary/aromatic N) is 3. The van der Waals surface area contributed by atoms with Gasteiger partial charge in [0.2, 0.25) is 0 Å². The third-order valence-electron chi connectivity index (χ3n) is 3.47. The first kappa shape index (κ1) is 16.0. The zero-order valence-electron chi connectivity index (χ0n) is 12.4. The van der Waals surface area contributed by atoms with Crippen molar-refractivity contribution >= 4 is 38.8 Å². The van der Waals surface area contributed by atoms with Gasteiger partial charge in [-0.3, -0.25) is 4.68 Å². The van der Waals surface area contributed by atoms with Crippen molar-refractivity contribution in [1.29, 1.82) is 0 Å². The molecule has 2 rings (SSSR count). The Morgan fingerprint density at radius 2 is 2.10 bits per heavy atom. The number of benzene rings is 1. The molecule has 0 aliphatic heterocycles. The molecule has 0 saturated carbocycles. The van der Waals surface area contributed by atoms with Crippen LogP contribution < -0.4 is 10.6 Å². The van der Waals surface area contributed by atoms with Gasteiger partial charge in [0, 0.05) is 25.3 Å². The van der Waals surface area contributed by atoms with E-state index in [1.54, 1.807) is 0 Å². The first-order valence-electron chi connectivity index (χ1n) is 6.75. The van der Waals surface area contributed by atoms with Crippen LogP contribution in [0.1, 0.15) is 23.9 Å². The van der Waals surface area contributed by atoms with E-state index in [0.717, 1.165) is 40.1 Å². The van der Waals surface area contributed by atoms with Gasteiger partial charge >= 0.3 is 0 Å². The average Bonchev–Trinajstić information content (AvgIpc) is 2.74. The van der Waals surface area contributed by atoms with Gasteiger partial charge in [-0.25, -0.2) is 0 Å². The molecule has 1 aromatic heterocycles. The summed E-state index contributed by atoms with van der Waals surface area (Å²) in [5.74, 6) is 0. The number of aromatic nitrogens is 2. The Hall–Kier alpha value is -1.40. The summed E-state index contributed by atoms with van der Waals surface area (Å²) in [4.78, 5) is 2.55. The fourth-order valence-corrected chi connectivity index (χ4v) is 3.23. The molecule has 0 aliphatic carbocycles. The summed E-state index contributed by atoms with van der Waals surface area (Å²) in [7, 11) is 3.99. The van der Waals surface area contributed by atoms with Crippen molar-refractivity contribution in [3.8, 4) is 0 Å². The van der Waals surface area contributed by atoms with Crippen molar-refractivity contribution in [2.45, 2.75) is 19.9 Å². The monoisotopic (exact) mass is 366 g/mol. The highest BCUT2D eigenvalue weighted by Crippen LogP contribution is 2.26. The average molecular weight is 367 g/mol. The molecule has 1 aromatic carbocycles. The molecule has 4 nitrogen and oxygen atoms in total. The molecule has 0 unspecified atom stereocenters. The molecule has 0 spiro atoms. The molecule has 0 atom stereocenters. The highest BCUT2D eigenvalue weighted by atomic mass is 79.9. The highest BCUT2D eigenvalue weighted by Gasteiger charge is 2.16. The van der Waals surface area contributed by atoms with Crippen LogP contribution in [-0.4, -0.2) is 21.8 Å². The zero-order chi connectivity index (χ0) is 15.6. The van der Waals surface area contributed by atoms with Gasteiger partial charge < -0.3 is 10.6 Å². The van der Waals surface area contributed by atoms with Crippen LogP contribution in [0.5, 0.6) is 0 Å². The van der Waals surface area contributed by atoms with Crippen LogP contribution in [0.2, 0.25) is 0 Å². The third kappa shape index (κ3) is 3.27. The number of anilines is 1. The first-order chi connectivity index (χ1) is 9.95. The number of hydrogen-bond donors (Lipinski definition) is 1. The topological polar surface area (TPSA) is 47.1 Å². The largest absolute Gasteiger partial charge is 0.389 e. The number of aryl methyl sites for hydroxylation is 2. The molecule has 2 N–H and O–H groups in total. The quantitative estimate of drug-likeness (QED) is 0.826. The van der Waals surface area contributed by atoms with Crippen molar-refractivity contribution in [3.05, 3.63) is 45.7 Å². The maximum Gasteiger partial charge on any atom is 0.106 e. The number of rotatable bonds is 5. The van der Waals surface area contributed by atoms with Gasteiger partial charge in [0.1, 0.15) is 4.99 Å². The summed E-state index contributed by atoms with van der Waals surface area (Å²) in [6.07, 6.45) is 0.904. The summed E-state index contributed by atoms with van der Waals surface area (Å²) in [6, 6.07) is 7.91. The number of hydrogen-bond acceptors (Lipinski definition) is 3. The summed E-state index contributed by atoms with van der Waals surface area (Å²) >= 11 is 8.78. The minimum absolute atomic E-state index is 0.413. The second-order valence-electron chi connectivity index (χ2n) is 4.92. The molecule has 1 heterocycles. The van der Waals surface area contributed by atoms with E-state index in [9.17, 15) is 0 Å². The lowest BCUT2D eigenvalue weighted by molar-refractivity contribution is 0.688. The minimum Gasteiger partial charge on any atom is -0.389 e. The van der Waals surface area contributed by atoms with Crippen LogP contribution in [0.3, 0.4) is 0 Å². The Labute approximate surface area is 139 Å². The predicted octanol–water partition coefficient (Wildman–Crippen LogP) is 3.02. The van der Waals surface area contributed by atoms with Gasteiger partial charge in [0.25, 0.3) is 0 Å². The summed E-state index contributed by atoms with van der Waals surface area (Å²) in [6.45, 7) is 2.83. The predicted molar refractivity (Wildman–Crippen MR) is 94.7 cm³/mol. The van der Waals surface area contributed by atoms with Gasteiger partial charge in [-0.2, -0.15) is 5.10 Å². The van der Waals surface area contributed by atoms with Gasteiger partial charge in [-0.15, -0.1) is 0 Å². The fourth-order valence-electron chi connectivity index (χ4n) is 2.32. The lowest BCUT2D eigenvalue weighted by Crippen LogP contribution is -2.22. The first-order valence-corrected chi connectivity index (χ1v) is 7.96. The normalized spacial score (nSPS) is 10.7. The Morgan fingerprint density at radius 3 is 2.67 bits per heavy atom. The van der Waals surface area contributed by atoms with Crippen molar-refractivity contribution in [1.82, 2.24) is 9.78 Å². The molecule has 2 aromatic rings. The van der Waals surface area contributed by atoms with E-state index < -0.39 is 0 Å².